The van der Waals surface area contributed by atoms with Crippen LogP contribution in [0.3, 0.4) is 0 Å². The molecule has 1 rings (SSSR count). The van der Waals surface area contributed by atoms with Crippen molar-refractivity contribution in [2.24, 2.45) is 11.3 Å². The van der Waals surface area contributed by atoms with E-state index in [9.17, 15) is 0 Å². The van der Waals surface area contributed by atoms with Gasteiger partial charge in [0.1, 0.15) is 0 Å². The van der Waals surface area contributed by atoms with Crippen LogP contribution in [0.4, 0.5) is 0 Å². The van der Waals surface area contributed by atoms with Crippen molar-refractivity contribution in [3.8, 4) is 0 Å². The van der Waals surface area contributed by atoms with Crippen LogP contribution in [0, 0.1) is 11.3 Å². The van der Waals surface area contributed by atoms with E-state index in [0.29, 0.717) is 5.41 Å². The van der Waals surface area contributed by atoms with Gasteiger partial charge in [0.2, 0.25) is 0 Å². The molecule has 0 bridgehead atoms. The van der Waals surface area contributed by atoms with Crippen LogP contribution >= 0.6 is 0 Å². The Balaban J connectivity index is 2.16. The topological polar surface area (TPSA) is 12.0 Å². The second-order valence-corrected chi connectivity index (χ2v) is 5.85. The molecule has 0 spiro atoms. The molecular weight excluding hydrogens is 158 g/mol. The second kappa shape index (κ2) is 4.45. The highest BCUT2D eigenvalue weighted by Crippen LogP contribution is 2.27. The van der Waals surface area contributed by atoms with E-state index in [0.717, 1.165) is 12.0 Å². The molecule has 0 amide bonds. The largest absolute Gasteiger partial charge is 0.314 e. The standard InChI is InChI=1S/C12H25N/c1-10-5-6-11(9-13-10)7-8-12(2,3)4/h10-11,13H,5-9H2,1-4H3. The van der Waals surface area contributed by atoms with Crippen molar-refractivity contribution in [3.05, 3.63) is 0 Å². The zero-order valence-corrected chi connectivity index (χ0v) is 9.69. The predicted molar refractivity (Wildman–Crippen MR) is 58.9 cm³/mol. The normalized spacial score (nSPS) is 30.5. The number of rotatable bonds is 2. The fourth-order valence-electron chi connectivity index (χ4n) is 1.94. The summed E-state index contributed by atoms with van der Waals surface area (Å²) in [6.45, 7) is 10.6. The molecule has 0 aromatic heterocycles. The van der Waals surface area contributed by atoms with Gasteiger partial charge in [0.05, 0.1) is 0 Å². The van der Waals surface area contributed by atoms with Crippen molar-refractivity contribution in [2.75, 3.05) is 6.54 Å². The summed E-state index contributed by atoms with van der Waals surface area (Å²) in [4.78, 5) is 0. The molecule has 13 heavy (non-hydrogen) atoms. The summed E-state index contributed by atoms with van der Waals surface area (Å²) < 4.78 is 0. The van der Waals surface area contributed by atoms with Crippen molar-refractivity contribution < 1.29 is 0 Å². The van der Waals surface area contributed by atoms with E-state index in [2.05, 4.69) is 33.0 Å². The van der Waals surface area contributed by atoms with E-state index in [-0.39, 0.29) is 0 Å². The van der Waals surface area contributed by atoms with Crippen LogP contribution in [-0.2, 0) is 0 Å². The van der Waals surface area contributed by atoms with Crippen molar-refractivity contribution in [1.82, 2.24) is 5.32 Å². The summed E-state index contributed by atoms with van der Waals surface area (Å²) >= 11 is 0. The highest BCUT2D eigenvalue weighted by atomic mass is 14.9. The van der Waals surface area contributed by atoms with Gasteiger partial charge >= 0.3 is 0 Å². The first-order valence-electron chi connectivity index (χ1n) is 5.71. The molecule has 1 N–H and O–H groups in total. The van der Waals surface area contributed by atoms with E-state index in [1.807, 2.05) is 0 Å². The minimum Gasteiger partial charge on any atom is -0.314 e. The van der Waals surface area contributed by atoms with Crippen molar-refractivity contribution >= 4 is 0 Å². The predicted octanol–water partition coefficient (Wildman–Crippen LogP) is 3.20. The lowest BCUT2D eigenvalue weighted by atomic mass is 9.83. The van der Waals surface area contributed by atoms with Crippen molar-refractivity contribution in [3.63, 3.8) is 0 Å². The third-order valence-corrected chi connectivity index (χ3v) is 3.07. The first-order chi connectivity index (χ1) is 5.97. The highest BCUT2D eigenvalue weighted by Gasteiger charge is 2.19. The van der Waals surface area contributed by atoms with Crippen LogP contribution in [0.1, 0.15) is 53.4 Å². The molecule has 1 saturated heterocycles. The summed E-state index contributed by atoms with van der Waals surface area (Å²) in [5.74, 6) is 0.940. The van der Waals surface area contributed by atoms with Gasteiger partial charge in [-0.1, -0.05) is 20.8 Å². The maximum Gasteiger partial charge on any atom is 0.00389 e. The average Bonchev–Trinajstić information content (AvgIpc) is 2.02. The van der Waals surface area contributed by atoms with Crippen molar-refractivity contribution in [1.29, 1.82) is 0 Å². The van der Waals surface area contributed by atoms with Gasteiger partial charge in [0.15, 0.2) is 0 Å². The molecule has 2 atom stereocenters. The van der Waals surface area contributed by atoms with E-state index >= 15 is 0 Å². The highest BCUT2D eigenvalue weighted by molar-refractivity contribution is 4.76. The van der Waals surface area contributed by atoms with Crippen LogP contribution in [0.5, 0.6) is 0 Å². The zero-order valence-electron chi connectivity index (χ0n) is 9.69. The van der Waals surface area contributed by atoms with Crippen LogP contribution in [0.25, 0.3) is 0 Å². The van der Waals surface area contributed by atoms with Crippen LogP contribution < -0.4 is 5.32 Å². The minimum atomic E-state index is 0.517. The summed E-state index contributed by atoms with van der Waals surface area (Å²) in [6.07, 6.45) is 5.58. The van der Waals surface area contributed by atoms with Gasteiger partial charge in [-0.05, 0) is 50.5 Å². The molecule has 0 aromatic rings. The van der Waals surface area contributed by atoms with Crippen molar-refractivity contribution in [2.45, 2.75) is 59.4 Å². The smallest absolute Gasteiger partial charge is 0.00389 e. The van der Waals surface area contributed by atoms with Crippen LogP contribution in [-0.4, -0.2) is 12.6 Å². The quantitative estimate of drug-likeness (QED) is 0.693. The fourth-order valence-corrected chi connectivity index (χ4v) is 1.94. The molecule has 0 aliphatic carbocycles. The number of nitrogens with one attached hydrogen (secondary N) is 1. The lowest BCUT2D eigenvalue weighted by molar-refractivity contribution is 0.262. The van der Waals surface area contributed by atoms with Gasteiger partial charge in [0.25, 0.3) is 0 Å². The summed E-state index contributed by atoms with van der Waals surface area (Å²) in [5, 5.41) is 3.57. The molecule has 0 radical (unpaired) electrons. The zero-order chi connectivity index (χ0) is 9.90. The Labute approximate surface area is 83.3 Å². The SMILES string of the molecule is CC1CCC(CCC(C)(C)C)CN1. The Kier molecular flexibility index (Phi) is 3.78. The lowest BCUT2D eigenvalue weighted by Crippen LogP contribution is -2.37. The second-order valence-electron chi connectivity index (χ2n) is 5.85. The Hall–Kier alpha value is -0.0400. The molecule has 1 heteroatoms. The van der Waals surface area contributed by atoms with E-state index in [4.69, 9.17) is 0 Å². The van der Waals surface area contributed by atoms with E-state index in [1.165, 1.54) is 32.2 Å². The Morgan fingerprint density at radius 2 is 1.92 bits per heavy atom. The Morgan fingerprint density at radius 3 is 2.38 bits per heavy atom. The molecule has 1 aliphatic heterocycles. The molecule has 2 unspecified atom stereocenters. The maximum atomic E-state index is 3.57. The summed E-state index contributed by atoms with van der Waals surface area (Å²) in [7, 11) is 0. The average molecular weight is 183 g/mol. The Bertz CT molecular complexity index is 138. The molecular formula is C12H25N. The van der Waals surface area contributed by atoms with Gasteiger partial charge < -0.3 is 5.32 Å². The van der Waals surface area contributed by atoms with E-state index < -0.39 is 0 Å². The molecule has 1 fully saturated rings. The lowest BCUT2D eigenvalue weighted by Gasteiger charge is -2.29. The van der Waals surface area contributed by atoms with Gasteiger partial charge in [0, 0.05) is 6.04 Å². The Morgan fingerprint density at radius 1 is 1.23 bits per heavy atom. The molecule has 0 aromatic carbocycles. The molecule has 1 nitrogen and oxygen atoms in total. The first kappa shape index (κ1) is 11.0. The van der Waals surface area contributed by atoms with Gasteiger partial charge in [-0.3, -0.25) is 0 Å². The molecule has 0 saturated carbocycles. The third-order valence-electron chi connectivity index (χ3n) is 3.07. The number of hydrogen-bond acceptors (Lipinski definition) is 1. The summed E-state index contributed by atoms with van der Waals surface area (Å²) in [6, 6.07) is 0.755. The molecule has 1 heterocycles. The van der Waals surface area contributed by atoms with E-state index in [1.54, 1.807) is 0 Å². The monoisotopic (exact) mass is 183 g/mol. The molecule has 1 aliphatic rings. The number of hydrogen-bond donors (Lipinski definition) is 1. The number of piperidine rings is 1. The fraction of sp³-hybridized carbons (Fsp3) is 1.00. The van der Waals surface area contributed by atoms with Crippen LogP contribution in [0.15, 0.2) is 0 Å². The summed E-state index contributed by atoms with van der Waals surface area (Å²) in [5.41, 5.74) is 0.517. The third kappa shape index (κ3) is 4.66. The minimum absolute atomic E-state index is 0.517. The maximum absolute atomic E-state index is 3.57. The van der Waals surface area contributed by atoms with Gasteiger partial charge in [-0.15, -0.1) is 0 Å². The van der Waals surface area contributed by atoms with Gasteiger partial charge in [-0.25, -0.2) is 0 Å². The van der Waals surface area contributed by atoms with Crippen LogP contribution in [0.2, 0.25) is 0 Å². The molecule has 78 valence electrons. The van der Waals surface area contributed by atoms with Gasteiger partial charge in [-0.2, -0.15) is 0 Å². The first-order valence-corrected chi connectivity index (χ1v) is 5.71.